The van der Waals surface area contributed by atoms with E-state index in [0.29, 0.717) is 30.1 Å². The molecule has 1 fully saturated rings. The molecule has 2 N–H and O–H groups in total. The third kappa shape index (κ3) is 3.79. The van der Waals surface area contributed by atoms with Crippen molar-refractivity contribution < 1.29 is 24.3 Å². The number of carbonyl (C=O) groups is 1. The largest absolute Gasteiger partial charge is 0.490 e. The van der Waals surface area contributed by atoms with Crippen molar-refractivity contribution in [2.45, 2.75) is 25.6 Å². The van der Waals surface area contributed by atoms with Crippen LogP contribution in [-0.2, 0) is 22.6 Å². The lowest BCUT2D eigenvalue weighted by atomic mass is 9.82. The summed E-state index contributed by atoms with van der Waals surface area (Å²) in [6.45, 7) is 1.31. The van der Waals surface area contributed by atoms with Gasteiger partial charge in [-0.15, -0.1) is 0 Å². The fraction of sp³-hybridized carbons (Fsp3) is 0.333. The van der Waals surface area contributed by atoms with E-state index in [9.17, 15) is 19.6 Å². The van der Waals surface area contributed by atoms with E-state index in [1.54, 1.807) is 18.2 Å². The molecule has 150 valence electrons. The van der Waals surface area contributed by atoms with E-state index in [0.717, 1.165) is 18.0 Å². The average molecular weight is 398 g/mol. The van der Waals surface area contributed by atoms with Crippen molar-refractivity contribution >= 4 is 29.6 Å². The van der Waals surface area contributed by atoms with Crippen LogP contribution in [0.25, 0.3) is 11.0 Å². The number of imidazole rings is 1. The molecule has 11 heteroatoms. The molecule has 1 aliphatic rings. The van der Waals surface area contributed by atoms with Gasteiger partial charge in [-0.25, -0.2) is 14.5 Å². The van der Waals surface area contributed by atoms with E-state index in [1.807, 2.05) is 4.57 Å². The van der Waals surface area contributed by atoms with Gasteiger partial charge < -0.3 is 24.1 Å². The van der Waals surface area contributed by atoms with Crippen molar-refractivity contribution in [2.24, 2.45) is 0 Å². The second-order valence-corrected chi connectivity index (χ2v) is 6.77. The number of hydrogen-bond donors (Lipinski definition) is 2. The number of benzene rings is 1. The highest BCUT2D eigenvalue weighted by Gasteiger charge is 2.23. The molecular formula is C18H19BN4O6. The summed E-state index contributed by atoms with van der Waals surface area (Å²) in [5.41, 5.74) is 1.34. The number of fused-ring (bicyclic) bond motifs is 1. The third-order valence-electron chi connectivity index (χ3n) is 4.91. The molecule has 0 bridgehead atoms. The minimum absolute atomic E-state index is 0.0188. The van der Waals surface area contributed by atoms with Crippen LogP contribution in [0.3, 0.4) is 0 Å². The molecule has 1 unspecified atom stereocenters. The van der Waals surface area contributed by atoms with Gasteiger partial charge in [-0.3, -0.25) is 4.79 Å². The lowest BCUT2D eigenvalue weighted by molar-refractivity contribution is -0.0590. The first-order valence-electron chi connectivity index (χ1n) is 9.08. The summed E-state index contributed by atoms with van der Waals surface area (Å²) in [7, 11) is -0.440. The number of rotatable bonds is 6. The topological polar surface area (TPSA) is 129 Å². The maximum Gasteiger partial charge on any atom is 0.490 e. The van der Waals surface area contributed by atoms with Gasteiger partial charge in [-0.1, -0.05) is 0 Å². The van der Waals surface area contributed by atoms with Gasteiger partial charge in [0.25, 0.3) is 5.56 Å². The van der Waals surface area contributed by atoms with Crippen molar-refractivity contribution in [2.75, 3.05) is 13.7 Å². The molecule has 29 heavy (non-hydrogen) atoms. The molecule has 0 aliphatic carbocycles. The standard InChI is InChI=1S/C18H19BN4O6/c1-28-18(25)11-2-3-14-15(6-11)22(9-13-4-5-29-13)16(21-14)10-23-17(24)7-12(8-20-23)19(26)27/h2-3,6-8,13,26-27H,4-5,9-10H2,1H3. The zero-order valence-electron chi connectivity index (χ0n) is 15.7. The number of hydrogen-bond acceptors (Lipinski definition) is 8. The van der Waals surface area contributed by atoms with E-state index in [-0.39, 0.29) is 18.1 Å². The van der Waals surface area contributed by atoms with Crippen LogP contribution in [-0.4, -0.2) is 62.3 Å². The summed E-state index contributed by atoms with van der Waals surface area (Å²) in [4.78, 5) is 28.8. The summed E-state index contributed by atoms with van der Waals surface area (Å²) in [5, 5.41) is 22.4. The Morgan fingerprint density at radius 2 is 2.17 bits per heavy atom. The predicted molar refractivity (Wildman–Crippen MR) is 103 cm³/mol. The predicted octanol–water partition coefficient (Wildman–Crippen LogP) is -1.10. The average Bonchev–Trinajstić information content (AvgIpc) is 3.01. The number of nitrogens with zero attached hydrogens (tertiary/aromatic N) is 4. The normalized spacial score (nSPS) is 15.9. The Hall–Kier alpha value is -3.02. The maximum absolute atomic E-state index is 12.3. The van der Waals surface area contributed by atoms with Gasteiger partial charge >= 0.3 is 13.1 Å². The van der Waals surface area contributed by atoms with Gasteiger partial charge in [0, 0.05) is 24.3 Å². The van der Waals surface area contributed by atoms with Crippen LogP contribution < -0.4 is 11.0 Å². The van der Waals surface area contributed by atoms with Crippen LogP contribution in [0, 0.1) is 0 Å². The van der Waals surface area contributed by atoms with Gasteiger partial charge in [-0.2, -0.15) is 5.10 Å². The Labute approximate surface area is 165 Å². The van der Waals surface area contributed by atoms with E-state index in [4.69, 9.17) is 9.47 Å². The summed E-state index contributed by atoms with van der Waals surface area (Å²) >= 11 is 0. The molecular weight excluding hydrogens is 379 g/mol. The highest BCUT2D eigenvalue weighted by Crippen LogP contribution is 2.22. The van der Waals surface area contributed by atoms with Crippen LogP contribution in [0.1, 0.15) is 22.6 Å². The van der Waals surface area contributed by atoms with Gasteiger partial charge in [0.1, 0.15) is 12.4 Å². The Kier molecular flexibility index (Phi) is 5.18. The first-order chi connectivity index (χ1) is 14.0. The minimum Gasteiger partial charge on any atom is -0.465 e. The molecule has 1 atom stereocenters. The molecule has 3 heterocycles. The maximum atomic E-state index is 12.3. The second-order valence-electron chi connectivity index (χ2n) is 6.77. The minimum atomic E-state index is -1.76. The quantitative estimate of drug-likeness (QED) is 0.396. The molecule has 3 aromatic rings. The Bertz CT molecular complexity index is 1120. The lowest BCUT2D eigenvalue weighted by Crippen LogP contribution is -2.37. The Morgan fingerprint density at radius 3 is 2.79 bits per heavy atom. The van der Waals surface area contributed by atoms with Crippen LogP contribution in [0.4, 0.5) is 0 Å². The zero-order valence-corrected chi connectivity index (χ0v) is 15.7. The van der Waals surface area contributed by atoms with E-state index < -0.39 is 18.6 Å². The zero-order chi connectivity index (χ0) is 20.5. The number of aromatic nitrogens is 4. The molecule has 10 nitrogen and oxygen atoms in total. The van der Waals surface area contributed by atoms with Crippen molar-refractivity contribution in [3.63, 3.8) is 0 Å². The number of ether oxygens (including phenoxy) is 2. The van der Waals surface area contributed by atoms with E-state index in [1.165, 1.54) is 18.0 Å². The first kappa shape index (κ1) is 19.3. The molecule has 4 rings (SSSR count). The molecule has 0 amide bonds. The molecule has 2 aromatic heterocycles. The van der Waals surface area contributed by atoms with Crippen molar-refractivity contribution in [1.82, 2.24) is 19.3 Å². The SMILES string of the molecule is COC(=O)c1ccc2nc(Cn3ncc(B(O)O)cc3=O)n(CC3CCO3)c2c1. The highest BCUT2D eigenvalue weighted by molar-refractivity contribution is 6.58. The fourth-order valence-corrected chi connectivity index (χ4v) is 3.22. The van der Waals surface area contributed by atoms with Gasteiger partial charge in [-0.05, 0) is 24.6 Å². The van der Waals surface area contributed by atoms with Crippen molar-refractivity contribution in [3.05, 3.63) is 52.2 Å². The number of esters is 1. The number of methoxy groups -OCH3 is 1. The number of carbonyl (C=O) groups excluding carboxylic acids is 1. The smallest absolute Gasteiger partial charge is 0.465 e. The Morgan fingerprint density at radius 1 is 1.38 bits per heavy atom. The summed E-state index contributed by atoms with van der Waals surface area (Å²) in [6.07, 6.45) is 2.17. The summed E-state index contributed by atoms with van der Waals surface area (Å²) < 4.78 is 13.4. The Balaban J connectivity index is 1.75. The van der Waals surface area contributed by atoms with Gasteiger partial charge in [0.15, 0.2) is 0 Å². The van der Waals surface area contributed by atoms with E-state index >= 15 is 0 Å². The molecule has 1 aliphatic heterocycles. The van der Waals surface area contributed by atoms with Crippen molar-refractivity contribution in [3.8, 4) is 0 Å². The molecule has 0 radical (unpaired) electrons. The fourth-order valence-electron chi connectivity index (χ4n) is 3.22. The molecule has 1 saturated heterocycles. The van der Waals surface area contributed by atoms with Gasteiger partial charge in [0.2, 0.25) is 0 Å². The lowest BCUT2D eigenvalue weighted by Gasteiger charge is -2.27. The second kappa shape index (κ2) is 7.78. The summed E-state index contributed by atoms with van der Waals surface area (Å²) in [6, 6.07) is 6.19. The van der Waals surface area contributed by atoms with Crippen molar-refractivity contribution in [1.29, 1.82) is 0 Å². The first-order valence-corrected chi connectivity index (χ1v) is 9.08. The van der Waals surface area contributed by atoms with Crippen LogP contribution in [0.15, 0.2) is 35.3 Å². The van der Waals surface area contributed by atoms with E-state index in [2.05, 4.69) is 10.1 Å². The summed E-state index contributed by atoms with van der Waals surface area (Å²) in [5.74, 6) is 0.126. The molecule has 0 spiro atoms. The third-order valence-corrected chi connectivity index (χ3v) is 4.91. The van der Waals surface area contributed by atoms with Crippen LogP contribution in [0.2, 0.25) is 0 Å². The van der Waals surface area contributed by atoms with Crippen LogP contribution >= 0.6 is 0 Å². The molecule has 1 aromatic carbocycles. The van der Waals surface area contributed by atoms with Crippen LogP contribution in [0.5, 0.6) is 0 Å². The monoisotopic (exact) mass is 398 g/mol. The molecule has 0 saturated carbocycles. The highest BCUT2D eigenvalue weighted by atomic mass is 16.5. The van der Waals surface area contributed by atoms with Gasteiger partial charge in [0.05, 0.1) is 36.4 Å².